The zero-order valence-electron chi connectivity index (χ0n) is 11.8. The molecule has 0 saturated carbocycles. The van der Waals surface area contributed by atoms with Crippen molar-refractivity contribution in [1.29, 1.82) is 0 Å². The van der Waals surface area contributed by atoms with Crippen molar-refractivity contribution in [3.63, 3.8) is 0 Å². The number of anilines is 2. The maximum absolute atomic E-state index is 9.34. The van der Waals surface area contributed by atoms with Gasteiger partial charge in [0.05, 0.1) is 12.2 Å². The molecule has 4 heteroatoms. The molecule has 0 spiro atoms. The van der Waals surface area contributed by atoms with E-state index in [-0.39, 0.29) is 5.75 Å². The van der Waals surface area contributed by atoms with E-state index in [0.717, 1.165) is 22.9 Å². The van der Waals surface area contributed by atoms with E-state index in [0.29, 0.717) is 6.54 Å². The van der Waals surface area contributed by atoms with Gasteiger partial charge in [-0.1, -0.05) is 30.3 Å². The van der Waals surface area contributed by atoms with Gasteiger partial charge in [0.15, 0.2) is 0 Å². The topological polar surface area (TPSA) is 50.1 Å². The first-order chi connectivity index (χ1) is 10.2. The highest BCUT2D eigenvalue weighted by molar-refractivity contribution is 5.53. The number of imidazole rings is 1. The third kappa shape index (κ3) is 3.23. The quantitative estimate of drug-likeness (QED) is 0.765. The molecule has 0 unspecified atom stereocenters. The van der Waals surface area contributed by atoms with Gasteiger partial charge < -0.3 is 15.0 Å². The van der Waals surface area contributed by atoms with Crippen LogP contribution >= 0.6 is 0 Å². The van der Waals surface area contributed by atoms with Crippen LogP contribution in [0.25, 0.3) is 0 Å². The molecule has 0 aliphatic carbocycles. The Morgan fingerprint density at radius 2 is 1.76 bits per heavy atom. The molecule has 3 aromatic rings. The van der Waals surface area contributed by atoms with Crippen LogP contribution in [0.15, 0.2) is 60.8 Å². The fraction of sp³-hybridized carbons (Fsp3) is 0.118. The number of hydrogen-bond donors (Lipinski definition) is 2. The number of phenolic OH excluding ortho intramolecular Hbond substituents is 1. The van der Waals surface area contributed by atoms with Crippen LogP contribution < -0.4 is 5.32 Å². The van der Waals surface area contributed by atoms with E-state index in [1.165, 1.54) is 0 Å². The average Bonchev–Trinajstić information content (AvgIpc) is 2.82. The lowest BCUT2D eigenvalue weighted by Gasteiger charge is -2.10. The molecule has 2 aromatic carbocycles. The number of nitrogens with zero attached hydrogens (tertiary/aromatic N) is 2. The second-order valence-corrected chi connectivity index (χ2v) is 4.99. The van der Waals surface area contributed by atoms with Crippen molar-refractivity contribution in [2.75, 3.05) is 5.32 Å². The van der Waals surface area contributed by atoms with Gasteiger partial charge in [-0.05, 0) is 36.8 Å². The molecule has 1 aromatic heterocycles. The lowest BCUT2D eigenvalue weighted by atomic mass is 10.2. The van der Waals surface area contributed by atoms with Gasteiger partial charge in [0.2, 0.25) is 5.95 Å². The monoisotopic (exact) mass is 279 g/mol. The molecule has 0 aliphatic heterocycles. The Morgan fingerprint density at radius 3 is 2.48 bits per heavy atom. The van der Waals surface area contributed by atoms with E-state index in [4.69, 9.17) is 0 Å². The van der Waals surface area contributed by atoms with E-state index in [1.54, 1.807) is 12.1 Å². The molecule has 1 heterocycles. The van der Waals surface area contributed by atoms with Crippen LogP contribution in [-0.4, -0.2) is 14.7 Å². The molecule has 106 valence electrons. The summed E-state index contributed by atoms with van der Waals surface area (Å²) < 4.78 is 2.06. The van der Waals surface area contributed by atoms with E-state index < -0.39 is 0 Å². The van der Waals surface area contributed by atoms with Crippen LogP contribution in [0.2, 0.25) is 0 Å². The number of para-hydroxylation sites is 1. The summed E-state index contributed by atoms with van der Waals surface area (Å²) >= 11 is 0. The third-order valence-corrected chi connectivity index (χ3v) is 3.22. The van der Waals surface area contributed by atoms with Gasteiger partial charge in [0.25, 0.3) is 0 Å². The first kappa shape index (κ1) is 13.2. The number of phenols is 1. The van der Waals surface area contributed by atoms with Crippen molar-refractivity contribution in [3.8, 4) is 5.75 Å². The van der Waals surface area contributed by atoms with Crippen molar-refractivity contribution in [1.82, 2.24) is 9.55 Å². The van der Waals surface area contributed by atoms with Crippen LogP contribution in [0.4, 0.5) is 11.6 Å². The summed E-state index contributed by atoms with van der Waals surface area (Å²) in [5.41, 5.74) is 3.09. The third-order valence-electron chi connectivity index (χ3n) is 3.22. The predicted octanol–water partition coefficient (Wildman–Crippen LogP) is 3.69. The van der Waals surface area contributed by atoms with Crippen molar-refractivity contribution >= 4 is 11.6 Å². The van der Waals surface area contributed by atoms with E-state index in [1.807, 2.05) is 55.6 Å². The van der Waals surface area contributed by atoms with Crippen molar-refractivity contribution in [2.45, 2.75) is 13.5 Å². The van der Waals surface area contributed by atoms with Crippen LogP contribution in [0.1, 0.15) is 11.3 Å². The van der Waals surface area contributed by atoms with Crippen molar-refractivity contribution in [3.05, 3.63) is 72.1 Å². The summed E-state index contributed by atoms with van der Waals surface area (Å²) in [5.74, 6) is 1.09. The van der Waals surface area contributed by atoms with Crippen LogP contribution in [0.5, 0.6) is 5.75 Å². The minimum Gasteiger partial charge on any atom is -0.508 e. The Hall–Kier alpha value is -2.75. The Balaban J connectivity index is 1.84. The second-order valence-electron chi connectivity index (χ2n) is 4.99. The summed E-state index contributed by atoms with van der Waals surface area (Å²) in [6, 6.07) is 17.2. The first-order valence-electron chi connectivity index (χ1n) is 6.84. The number of aryl methyl sites for hydroxylation is 1. The van der Waals surface area contributed by atoms with Crippen LogP contribution in [0.3, 0.4) is 0 Å². The molecule has 0 saturated heterocycles. The number of hydrogen-bond acceptors (Lipinski definition) is 3. The van der Waals surface area contributed by atoms with Gasteiger partial charge in [0, 0.05) is 11.9 Å². The van der Waals surface area contributed by atoms with Crippen molar-refractivity contribution < 1.29 is 5.11 Å². The molecule has 0 aliphatic rings. The summed E-state index contributed by atoms with van der Waals surface area (Å²) in [7, 11) is 0. The number of aromatic hydroxyl groups is 1. The second kappa shape index (κ2) is 5.71. The molecule has 2 N–H and O–H groups in total. The lowest BCUT2D eigenvalue weighted by Crippen LogP contribution is -2.04. The molecule has 0 atom stereocenters. The van der Waals surface area contributed by atoms with E-state index in [2.05, 4.69) is 14.9 Å². The lowest BCUT2D eigenvalue weighted by molar-refractivity contribution is 0.475. The van der Waals surface area contributed by atoms with Crippen LogP contribution in [0, 0.1) is 6.92 Å². The minimum absolute atomic E-state index is 0.281. The normalized spacial score (nSPS) is 10.5. The molecule has 0 radical (unpaired) electrons. The van der Waals surface area contributed by atoms with Gasteiger partial charge >= 0.3 is 0 Å². The Morgan fingerprint density at radius 1 is 1.05 bits per heavy atom. The fourth-order valence-corrected chi connectivity index (χ4v) is 2.22. The smallest absolute Gasteiger partial charge is 0.207 e. The van der Waals surface area contributed by atoms with Gasteiger partial charge in [-0.3, -0.25) is 0 Å². The SMILES string of the molecule is Cc1cn(Cc2ccc(O)cc2)c(Nc2ccccc2)n1. The fourth-order valence-electron chi connectivity index (χ4n) is 2.22. The minimum atomic E-state index is 0.281. The maximum atomic E-state index is 9.34. The highest BCUT2D eigenvalue weighted by Crippen LogP contribution is 2.18. The van der Waals surface area contributed by atoms with E-state index in [9.17, 15) is 5.11 Å². The zero-order valence-corrected chi connectivity index (χ0v) is 11.8. The number of nitrogens with one attached hydrogen (secondary N) is 1. The zero-order chi connectivity index (χ0) is 14.7. The Labute approximate surface area is 123 Å². The molecule has 4 nitrogen and oxygen atoms in total. The van der Waals surface area contributed by atoms with Gasteiger partial charge in [0.1, 0.15) is 5.75 Å². The number of rotatable bonds is 4. The van der Waals surface area contributed by atoms with Gasteiger partial charge in [-0.15, -0.1) is 0 Å². The summed E-state index contributed by atoms with van der Waals surface area (Å²) in [5, 5.41) is 12.7. The molecule has 3 rings (SSSR count). The van der Waals surface area contributed by atoms with Gasteiger partial charge in [-0.2, -0.15) is 0 Å². The maximum Gasteiger partial charge on any atom is 0.207 e. The van der Waals surface area contributed by atoms with E-state index >= 15 is 0 Å². The van der Waals surface area contributed by atoms with Gasteiger partial charge in [-0.25, -0.2) is 4.98 Å². The molecule has 21 heavy (non-hydrogen) atoms. The highest BCUT2D eigenvalue weighted by Gasteiger charge is 2.06. The number of aromatic nitrogens is 2. The molecule has 0 amide bonds. The first-order valence-corrected chi connectivity index (χ1v) is 6.84. The standard InChI is InChI=1S/C17H17N3O/c1-13-11-20(12-14-7-9-16(21)10-8-14)17(18-13)19-15-5-3-2-4-6-15/h2-11,21H,12H2,1H3,(H,18,19). The van der Waals surface area contributed by atoms with Crippen LogP contribution in [-0.2, 0) is 6.54 Å². The molecular formula is C17H17N3O. The molecule has 0 bridgehead atoms. The largest absolute Gasteiger partial charge is 0.508 e. The highest BCUT2D eigenvalue weighted by atomic mass is 16.3. The summed E-state index contributed by atoms with van der Waals surface area (Å²) in [4.78, 5) is 4.52. The predicted molar refractivity (Wildman–Crippen MR) is 83.9 cm³/mol. The Kier molecular flexibility index (Phi) is 3.60. The average molecular weight is 279 g/mol. The Bertz CT molecular complexity index is 718. The molecule has 0 fully saturated rings. The van der Waals surface area contributed by atoms with Crippen molar-refractivity contribution in [2.24, 2.45) is 0 Å². The summed E-state index contributed by atoms with van der Waals surface area (Å²) in [6.45, 7) is 2.68. The summed E-state index contributed by atoms with van der Waals surface area (Å²) in [6.07, 6.45) is 2.01. The number of benzene rings is 2. The molecular weight excluding hydrogens is 262 g/mol.